The number of aryl methyl sites for hydroxylation is 1. The van der Waals surface area contributed by atoms with Crippen LogP contribution >= 0.6 is 12.4 Å². The Bertz CT molecular complexity index is 609. The van der Waals surface area contributed by atoms with Gasteiger partial charge in [0.1, 0.15) is 0 Å². The smallest absolute Gasteiger partial charge is 0.243 e. The third kappa shape index (κ3) is 4.47. The van der Waals surface area contributed by atoms with E-state index >= 15 is 0 Å². The summed E-state index contributed by atoms with van der Waals surface area (Å²) in [7, 11) is -3.34. The number of nitrogens with one attached hydrogen (secondary N) is 1. The molecule has 1 aromatic rings. The number of nitrogens with zero attached hydrogens (tertiary/aromatic N) is 1. The highest BCUT2D eigenvalue weighted by Crippen LogP contribution is 2.28. The first kappa shape index (κ1) is 18.7. The van der Waals surface area contributed by atoms with E-state index in [2.05, 4.69) is 5.32 Å². The Kier molecular flexibility index (Phi) is 6.48. The van der Waals surface area contributed by atoms with E-state index in [1.54, 1.807) is 10.4 Å². The van der Waals surface area contributed by atoms with Gasteiger partial charge in [-0.3, -0.25) is 0 Å². The molecule has 4 nitrogen and oxygen atoms in total. The molecule has 0 amide bonds. The van der Waals surface area contributed by atoms with Crippen molar-refractivity contribution in [2.24, 2.45) is 5.92 Å². The van der Waals surface area contributed by atoms with Crippen molar-refractivity contribution < 1.29 is 8.42 Å². The van der Waals surface area contributed by atoms with E-state index in [1.165, 1.54) is 12.8 Å². The molecule has 1 N–H and O–H groups in total. The number of benzene rings is 1. The molecule has 6 heteroatoms. The quantitative estimate of drug-likeness (QED) is 0.850. The molecule has 1 aromatic carbocycles. The molecule has 0 atom stereocenters. The van der Waals surface area contributed by atoms with E-state index < -0.39 is 10.0 Å². The zero-order valence-electron chi connectivity index (χ0n) is 13.7. The number of halogens is 1. The van der Waals surface area contributed by atoms with E-state index in [4.69, 9.17) is 0 Å². The number of sulfonamides is 1. The zero-order valence-corrected chi connectivity index (χ0v) is 15.3. The monoisotopic (exact) mass is 358 g/mol. The number of hydrogen-bond donors (Lipinski definition) is 1. The van der Waals surface area contributed by atoms with Crippen LogP contribution in [-0.4, -0.2) is 38.4 Å². The predicted molar refractivity (Wildman–Crippen MR) is 95.6 cm³/mol. The molecule has 2 aliphatic rings. The molecule has 2 fully saturated rings. The molecule has 0 bridgehead atoms. The van der Waals surface area contributed by atoms with E-state index in [-0.39, 0.29) is 12.4 Å². The summed E-state index contributed by atoms with van der Waals surface area (Å²) < 4.78 is 27.4. The van der Waals surface area contributed by atoms with Crippen LogP contribution in [0.15, 0.2) is 29.2 Å². The van der Waals surface area contributed by atoms with Crippen molar-refractivity contribution >= 4 is 22.4 Å². The molecular weight excluding hydrogens is 332 g/mol. The van der Waals surface area contributed by atoms with E-state index in [0.29, 0.717) is 24.0 Å². The van der Waals surface area contributed by atoms with Gasteiger partial charge in [-0.05, 0) is 56.2 Å². The van der Waals surface area contributed by atoms with Crippen molar-refractivity contribution in [3.63, 3.8) is 0 Å². The fourth-order valence-corrected chi connectivity index (χ4v) is 4.91. The van der Waals surface area contributed by atoms with Gasteiger partial charge in [0.25, 0.3) is 0 Å². The van der Waals surface area contributed by atoms with Crippen LogP contribution in [0.3, 0.4) is 0 Å². The lowest BCUT2D eigenvalue weighted by atomic mass is 10.1. The van der Waals surface area contributed by atoms with Gasteiger partial charge in [0, 0.05) is 19.1 Å². The van der Waals surface area contributed by atoms with Crippen molar-refractivity contribution in [3.05, 3.63) is 29.8 Å². The van der Waals surface area contributed by atoms with Crippen LogP contribution in [0.1, 0.15) is 38.2 Å². The molecule has 1 saturated heterocycles. The second kappa shape index (κ2) is 7.97. The van der Waals surface area contributed by atoms with Gasteiger partial charge < -0.3 is 5.32 Å². The Morgan fingerprint density at radius 3 is 2.39 bits per heavy atom. The van der Waals surface area contributed by atoms with Gasteiger partial charge in [0.15, 0.2) is 0 Å². The summed E-state index contributed by atoms with van der Waals surface area (Å²) in [5, 5.41) is 3.60. The topological polar surface area (TPSA) is 49.4 Å². The van der Waals surface area contributed by atoms with Crippen LogP contribution < -0.4 is 5.32 Å². The lowest BCUT2D eigenvalue weighted by molar-refractivity contribution is 0.288. The molecule has 1 saturated carbocycles. The molecular formula is C17H27ClN2O2S. The zero-order chi connectivity index (χ0) is 15.6. The summed E-state index contributed by atoms with van der Waals surface area (Å²) in [5.74, 6) is 0.873. The van der Waals surface area contributed by atoms with E-state index in [9.17, 15) is 8.42 Å². The van der Waals surface area contributed by atoms with Gasteiger partial charge in [-0.2, -0.15) is 4.31 Å². The minimum atomic E-state index is -3.34. The highest BCUT2D eigenvalue weighted by molar-refractivity contribution is 7.89. The minimum absolute atomic E-state index is 0. The summed E-state index contributed by atoms with van der Waals surface area (Å²) in [5.41, 5.74) is 0.913. The molecule has 0 unspecified atom stereocenters. The Labute approximate surface area is 146 Å². The Morgan fingerprint density at radius 2 is 1.78 bits per heavy atom. The first-order chi connectivity index (χ1) is 10.6. The third-order valence-electron chi connectivity index (χ3n) is 4.82. The highest BCUT2D eigenvalue weighted by atomic mass is 35.5. The van der Waals surface area contributed by atoms with Gasteiger partial charge in [0.2, 0.25) is 10.0 Å². The molecule has 23 heavy (non-hydrogen) atoms. The lowest BCUT2D eigenvalue weighted by Gasteiger charge is -2.32. The molecule has 3 rings (SSSR count). The summed E-state index contributed by atoms with van der Waals surface area (Å²) in [6.45, 7) is 4.36. The third-order valence-corrected chi connectivity index (χ3v) is 6.82. The van der Waals surface area contributed by atoms with E-state index in [1.807, 2.05) is 25.1 Å². The average Bonchev–Trinajstić information content (AvgIpc) is 3.37. The average molecular weight is 359 g/mol. The molecule has 1 heterocycles. The van der Waals surface area contributed by atoms with Crippen LogP contribution in [-0.2, 0) is 16.4 Å². The molecule has 0 radical (unpaired) electrons. The molecule has 1 aliphatic carbocycles. The van der Waals surface area contributed by atoms with Gasteiger partial charge in [0.05, 0.1) is 4.90 Å². The van der Waals surface area contributed by atoms with Crippen LogP contribution in [0.25, 0.3) is 0 Å². The largest absolute Gasteiger partial charge is 0.314 e. The van der Waals surface area contributed by atoms with Crippen LogP contribution in [0.2, 0.25) is 0 Å². The lowest BCUT2D eigenvalue weighted by Crippen LogP contribution is -2.45. The maximum absolute atomic E-state index is 12.9. The summed E-state index contributed by atoms with van der Waals surface area (Å²) in [6.07, 6.45) is 5.29. The van der Waals surface area contributed by atoms with Crippen LogP contribution in [0.4, 0.5) is 0 Å². The van der Waals surface area contributed by atoms with Gasteiger partial charge >= 0.3 is 0 Å². The van der Waals surface area contributed by atoms with E-state index in [0.717, 1.165) is 37.3 Å². The predicted octanol–water partition coefficient (Wildman–Crippen LogP) is 2.82. The maximum atomic E-state index is 12.9. The molecule has 0 spiro atoms. The standard InChI is InChI=1S/C17H26N2O2S.ClH/c1-2-15-5-3-4-6-17(15)22(20,21)19-11-9-16(10-12-19)18-13-14-7-8-14;/h3-6,14,16,18H,2,7-13H2,1H3;1H. The van der Waals surface area contributed by atoms with Crippen LogP contribution in [0.5, 0.6) is 0 Å². The van der Waals surface area contributed by atoms with Gasteiger partial charge in [-0.1, -0.05) is 25.1 Å². The minimum Gasteiger partial charge on any atom is -0.314 e. The highest BCUT2D eigenvalue weighted by Gasteiger charge is 2.31. The SMILES string of the molecule is CCc1ccccc1S(=O)(=O)N1CCC(NCC2CC2)CC1.Cl. The Hall–Kier alpha value is -0.620. The van der Waals surface area contributed by atoms with Crippen LogP contribution in [0, 0.1) is 5.92 Å². The summed E-state index contributed by atoms with van der Waals surface area (Å²) in [4.78, 5) is 0.488. The van der Waals surface area contributed by atoms with Crippen molar-refractivity contribution in [1.82, 2.24) is 9.62 Å². The normalized spacial score (nSPS) is 20.2. The van der Waals surface area contributed by atoms with Gasteiger partial charge in [-0.25, -0.2) is 8.42 Å². The Morgan fingerprint density at radius 1 is 1.13 bits per heavy atom. The second-order valence-corrected chi connectivity index (χ2v) is 8.40. The fourth-order valence-electron chi connectivity index (χ4n) is 3.14. The summed E-state index contributed by atoms with van der Waals surface area (Å²) in [6, 6.07) is 7.86. The first-order valence-electron chi connectivity index (χ1n) is 8.42. The van der Waals surface area contributed by atoms with Crippen molar-refractivity contribution in [3.8, 4) is 0 Å². The van der Waals surface area contributed by atoms with Crippen molar-refractivity contribution in [2.45, 2.75) is 50.0 Å². The molecule has 130 valence electrons. The second-order valence-electron chi connectivity index (χ2n) is 6.49. The summed E-state index contributed by atoms with van der Waals surface area (Å²) >= 11 is 0. The van der Waals surface area contributed by atoms with Gasteiger partial charge in [-0.15, -0.1) is 12.4 Å². The first-order valence-corrected chi connectivity index (χ1v) is 9.86. The van der Waals surface area contributed by atoms with Crippen molar-refractivity contribution in [2.75, 3.05) is 19.6 Å². The maximum Gasteiger partial charge on any atom is 0.243 e. The number of hydrogen-bond acceptors (Lipinski definition) is 3. The Balaban J connectivity index is 0.00000192. The molecule has 0 aromatic heterocycles. The number of rotatable bonds is 6. The number of piperidine rings is 1. The molecule has 1 aliphatic heterocycles. The van der Waals surface area contributed by atoms with Crippen molar-refractivity contribution in [1.29, 1.82) is 0 Å². The fraction of sp³-hybridized carbons (Fsp3) is 0.647.